The first-order chi connectivity index (χ1) is 14.5. The Morgan fingerprint density at radius 3 is 2.77 bits per heavy atom. The molecule has 1 N–H and O–H groups in total. The molecule has 0 radical (unpaired) electrons. The van der Waals surface area contributed by atoms with Crippen LogP contribution in [-0.2, 0) is 6.42 Å². The molecule has 2 amide bonds. The number of anilines is 1. The Kier molecular flexibility index (Phi) is 5.43. The number of hydrogen-bond donors (Lipinski definition) is 1. The quantitative estimate of drug-likeness (QED) is 0.709. The molecule has 1 aliphatic heterocycles. The number of nitrogens with zero attached hydrogens (tertiary/aromatic N) is 3. The number of carbonyl (C=O) groups is 2. The molecule has 0 saturated heterocycles. The number of fused-ring (bicyclic) bond motifs is 1. The lowest BCUT2D eigenvalue weighted by molar-refractivity contribution is 0.0730. The number of aromatic nitrogens is 2. The SMILES string of the molecule is Cc1ccc(C(=O)N(C)CC2Cc3ccccc3O2)cc1NC(=O)c1cccnn1. The number of hydrogen-bond acceptors (Lipinski definition) is 5. The van der Waals surface area contributed by atoms with Gasteiger partial charge in [-0.25, -0.2) is 0 Å². The summed E-state index contributed by atoms with van der Waals surface area (Å²) in [5.41, 5.74) is 3.28. The molecular formula is C23H22N4O3. The first-order valence-electron chi connectivity index (χ1n) is 9.71. The molecule has 152 valence electrons. The molecule has 1 aliphatic rings. The van der Waals surface area contributed by atoms with Gasteiger partial charge >= 0.3 is 0 Å². The van der Waals surface area contributed by atoms with Crippen molar-refractivity contribution in [2.24, 2.45) is 0 Å². The van der Waals surface area contributed by atoms with Crippen LogP contribution in [0.4, 0.5) is 5.69 Å². The molecule has 0 saturated carbocycles. The largest absolute Gasteiger partial charge is 0.488 e. The fraction of sp³-hybridized carbons (Fsp3) is 0.217. The van der Waals surface area contributed by atoms with Crippen LogP contribution in [0.3, 0.4) is 0 Å². The number of ether oxygens (including phenoxy) is 1. The molecule has 1 aromatic heterocycles. The Morgan fingerprint density at radius 2 is 2.00 bits per heavy atom. The fourth-order valence-electron chi connectivity index (χ4n) is 3.46. The number of carbonyl (C=O) groups excluding carboxylic acids is 2. The van der Waals surface area contributed by atoms with Crippen LogP contribution >= 0.6 is 0 Å². The molecule has 1 unspecified atom stereocenters. The topological polar surface area (TPSA) is 84.4 Å². The van der Waals surface area contributed by atoms with Gasteiger partial charge in [0.2, 0.25) is 0 Å². The fourth-order valence-corrected chi connectivity index (χ4v) is 3.46. The van der Waals surface area contributed by atoms with Crippen LogP contribution in [0.15, 0.2) is 60.8 Å². The molecule has 0 aliphatic carbocycles. The summed E-state index contributed by atoms with van der Waals surface area (Å²) < 4.78 is 5.94. The van der Waals surface area contributed by atoms with Gasteiger partial charge in [0.05, 0.1) is 6.54 Å². The van der Waals surface area contributed by atoms with Gasteiger partial charge < -0.3 is 15.0 Å². The van der Waals surface area contributed by atoms with Crippen molar-refractivity contribution in [3.63, 3.8) is 0 Å². The monoisotopic (exact) mass is 402 g/mol. The first kappa shape index (κ1) is 19.6. The molecule has 0 bridgehead atoms. The minimum Gasteiger partial charge on any atom is -0.488 e. The number of benzene rings is 2. The summed E-state index contributed by atoms with van der Waals surface area (Å²) in [4.78, 5) is 27.0. The lowest BCUT2D eigenvalue weighted by Gasteiger charge is -2.21. The van der Waals surface area contributed by atoms with E-state index in [-0.39, 0.29) is 23.6 Å². The average Bonchev–Trinajstić information content (AvgIpc) is 3.17. The summed E-state index contributed by atoms with van der Waals surface area (Å²) in [7, 11) is 1.76. The zero-order valence-corrected chi connectivity index (χ0v) is 16.8. The van der Waals surface area contributed by atoms with E-state index in [1.54, 1.807) is 36.2 Å². The second-order valence-electron chi connectivity index (χ2n) is 7.33. The highest BCUT2D eigenvalue weighted by Gasteiger charge is 2.25. The van der Waals surface area contributed by atoms with E-state index in [2.05, 4.69) is 15.5 Å². The number of rotatable bonds is 5. The van der Waals surface area contributed by atoms with Gasteiger partial charge in [-0.15, -0.1) is 5.10 Å². The lowest BCUT2D eigenvalue weighted by atomic mass is 10.1. The molecule has 7 heteroatoms. The van der Waals surface area contributed by atoms with Crippen LogP contribution < -0.4 is 10.1 Å². The van der Waals surface area contributed by atoms with E-state index >= 15 is 0 Å². The van der Waals surface area contributed by atoms with Gasteiger partial charge in [0.15, 0.2) is 5.69 Å². The Morgan fingerprint density at radius 1 is 1.17 bits per heavy atom. The number of para-hydroxylation sites is 1. The van der Waals surface area contributed by atoms with E-state index in [0.717, 1.165) is 23.3 Å². The summed E-state index contributed by atoms with van der Waals surface area (Å²) in [5, 5.41) is 10.3. The molecular weight excluding hydrogens is 380 g/mol. The van der Waals surface area contributed by atoms with Gasteiger partial charge in [-0.2, -0.15) is 5.10 Å². The van der Waals surface area contributed by atoms with E-state index in [1.807, 2.05) is 37.3 Å². The van der Waals surface area contributed by atoms with Crippen molar-refractivity contribution >= 4 is 17.5 Å². The Labute approximate surface area is 174 Å². The van der Waals surface area contributed by atoms with Crippen molar-refractivity contribution in [2.45, 2.75) is 19.4 Å². The van der Waals surface area contributed by atoms with Crippen LogP contribution in [0.25, 0.3) is 0 Å². The molecule has 2 aromatic carbocycles. The highest BCUT2D eigenvalue weighted by Crippen LogP contribution is 2.28. The highest BCUT2D eigenvalue weighted by atomic mass is 16.5. The zero-order chi connectivity index (χ0) is 21.1. The maximum Gasteiger partial charge on any atom is 0.276 e. The van der Waals surface area contributed by atoms with Crippen LogP contribution in [-0.4, -0.2) is 46.6 Å². The standard InChI is InChI=1S/C23H22N4O3/c1-15-9-10-17(13-20(15)25-22(28)19-7-5-11-24-26-19)23(29)27(2)14-18-12-16-6-3-4-8-21(16)30-18/h3-11,13,18H,12,14H2,1-2H3,(H,25,28). The normalized spacial score (nSPS) is 14.5. The summed E-state index contributed by atoms with van der Waals surface area (Å²) >= 11 is 0. The second-order valence-corrected chi connectivity index (χ2v) is 7.33. The Balaban J connectivity index is 1.44. The van der Waals surface area contributed by atoms with E-state index in [9.17, 15) is 9.59 Å². The third-order valence-corrected chi connectivity index (χ3v) is 5.08. The highest BCUT2D eigenvalue weighted by molar-refractivity contribution is 6.04. The van der Waals surface area contributed by atoms with E-state index < -0.39 is 0 Å². The number of aryl methyl sites for hydroxylation is 1. The van der Waals surface area contributed by atoms with Gasteiger partial charge in [0.1, 0.15) is 11.9 Å². The Hall–Kier alpha value is -3.74. The molecule has 2 heterocycles. The molecule has 0 spiro atoms. The third-order valence-electron chi connectivity index (χ3n) is 5.08. The predicted molar refractivity (Wildman–Crippen MR) is 113 cm³/mol. The maximum absolute atomic E-state index is 13.0. The van der Waals surface area contributed by atoms with Gasteiger partial charge in [0, 0.05) is 30.9 Å². The van der Waals surface area contributed by atoms with Crippen molar-refractivity contribution in [2.75, 3.05) is 18.9 Å². The van der Waals surface area contributed by atoms with Crippen LogP contribution in [0.1, 0.15) is 32.0 Å². The molecule has 1 atom stereocenters. The molecule has 7 nitrogen and oxygen atoms in total. The van der Waals surface area contributed by atoms with E-state index in [1.165, 1.54) is 6.20 Å². The third kappa shape index (κ3) is 4.15. The van der Waals surface area contributed by atoms with Crippen LogP contribution in [0.5, 0.6) is 5.75 Å². The number of nitrogens with one attached hydrogen (secondary N) is 1. The van der Waals surface area contributed by atoms with Crippen molar-refractivity contribution in [3.05, 3.63) is 83.2 Å². The minimum absolute atomic E-state index is 0.0716. The summed E-state index contributed by atoms with van der Waals surface area (Å²) in [5.74, 6) is 0.374. The second kappa shape index (κ2) is 8.32. The van der Waals surface area contributed by atoms with Gasteiger partial charge in [-0.1, -0.05) is 24.3 Å². The Bertz CT molecular complexity index is 1060. The maximum atomic E-state index is 13.0. The van der Waals surface area contributed by atoms with E-state index in [4.69, 9.17) is 4.74 Å². The van der Waals surface area contributed by atoms with Crippen LogP contribution in [0.2, 0.25) is 0 Å². The number of likely N-dealkylation sites (N-methyl/N-ethyl adjacent to an activating group) is 1. The summed E-state index contributed by atoms with van der Waals surface area (Å²) in [6.45, 7) is 2.34. The molecule has 30 heavy (non-hydrogen) atoms. The predicted octanol–water partition coefficient (Wildman–Crippen LogP) is 3.11. The van der Waals surface area contributed by atoms with Crippen molar-refractivity contribution in [1.82, 2.24) is 15.1 Å². The van der Waals surface area contributed by atoms with Gasteiger partial charge in [0.25, 0.3) is 11.8 Å². The molecule has 0 fully saturated rings. The molecule has 4 rings (SSSR count). The van der Waals surface area contributed by atoms with Crippen LogP contribution in [0, 0.1) is 6.92 Å². The number of amides is 2. The average molecular weight is 402 g/mol. The van der Waals surface area contributed by atoms with E-state index in [0.29, 0.717) is 17.8 Å². The van der Waals surface area contributed by atoms with Crippen molar-refractivity contribution in [1.29, 1.82) is 0 Å². The summed E-state index contributed by atoms with van der Waals surface area (Å²) in [6, 6.07) is 16.4. The van der Waals surface area contributed by atoms with Gasteiger partial charge in [-0.05, 0) is 48.4 Å². The van der Waals surface area contributed by atoms with Crippen molar-refractivity contribution in [3.8, 4) is 5.75 Å². The van der Waals surface area contributed by atoms with Crippen molar-refractivity contribution < 1.29 is 14.3 Å². The minimum atomic E-state index is -0.374. The first-order valence-corrected chi connectivity index (χ1v) is 9.71. The smallest absolute Gasteiger partial charge is 0.276 e. The summed E-state index contributed by atoms with van der Waals surface area (Å²) in [6.07, 6.45) is 2.21. The molecule has 3 aromatic rings. The van der Waals surface area contributed by atoms with Gasteiger partial charge in [-0.3, -0.25) is 9.59 Å². The zero-order valence-electron chi connectivity index (χ0n) is 16.8. The lowest BCUT2D eigenvalue weighted by Crippen LogP contribution is -2.36.